The Hall–Kier alpha value is -1.93. The number of piperidine rings is 1. The topological polar surface area (TPSA) is 86.8 Å². The van der Waals surface area contributed by atoms with Crippen LogP contribution in [0.1, 0.15) is 40.0 Å². The van der Waals surface area contributed by atoms with Gasteiger partial charge in [0.15, 0.2) is 0 Å². The van der Waals surface area contributed by atoms with Gasteiger partial charge in [-0.15, -0.1) is 0 Å². The minimum Gasteiger partial charge on any atom is -0.356 e. The molecule has 0 unspecified atom stereocenters. The molecule has 3 rings (SSSR count). The van der Waals surface area contributed by atoms with E-state index < -0.39 is 10.0 Å². The Balaban J connectivity index is 1.67. The zero-order chi connectivity index (χ0) is 21.2. The van der Waals surface area contributed by atoms with Gasteiger partial charge >= 0.3 is 0 Å². The molecule has 7 nitrogen and oxygen atoms in total. The number of nitrogens with one attached hydrogen (secondary N) is 1. The summed E-state index contributed by atoms with van der Waals surface area (Å²) in [6.07, 6.45) is 1.93. The van der Waals surface area contributed by atoms with Crippen molar-refractivity contribution in [2.75, 3.05) is 31.1 Å². The van der Waals surface area contributed by atoms with Crippen molar-refractivity contribution in [2.45, 2.75) is 44.9 Å². The van der Waals surface area contributed by atoms with Crippen LogP contribution in [0.4, 0.5) is 5.69 Å². The number of carbonyl (C=O) groups excluding carboxylic acids is 2. The van der Waals surface area contributed by atoms with Gasteiger partial charge in [-0.3, -0.25) is 9.59 Å². The number of hydrogen-bond donors (Lipinski definition) is 1. The molecule has 2 heterocycles. The van der Waals surface area contributed by atoms with Crippen LogP contribution in [-0.4, -0.2) is 50.7 Å². The number of amides is 2. The van der Waals surface area contributed by atoms with Gasteiger partial charge in [-0.25, -0.2) is 8.42 Å². The molecule has 8 heteroatoms. The van der Waals surface area contributed by atoms with E-state index in [1.54, 1.807) is 29.2 Å². The number of anilines is 1. The van der Waals surface area contributed by atoms with E-state index >= 15 is 0 Å². The molecule has 1 aromatic rings. The van der Waals surface area contributed by atoms with E-state index in [4.69, 9.17) is 0 Å². The van der Waals surface area contributed by atoms with Gasteiger partial charge in [0.1, 0.15) is 0 Å². The summed E-state index contributed by atoms with van der Waals surface area (Å²) in [7, 11) is -3.51. The second-order valence-corrected chi connectivity index (χ2v) is 10.6. The molecule has 0 bridgehead atoms. The largest absolute Gasteiger partial charge is 0.356 e. The van der Waals surface area contributed by atoms with Crippen molar-refractivity contribution in [1.29, 1.82) is 0 Å². The fourth-order valence-electron chi connectivity index (χ4n) is 3.75. The quantitative estimate of drug-likeness (QED) is 0.763. The molecule has 1 atom stereocenters. The van der Waals surface area contributed by atoms with Crippen LogP contribution >= 0.6 is 0 Å². The van der Waals surface area contributed by atoms with E-state index in [1.807, 2.05) is 13.8 Å². The van der Waals surface area contributed by atoms with E-state index in [-0.39, 0.29) is 29.0 Å². The Morgan fingerprint density at radius 3 is 2.38 bits per heavy atom. The second kappa shape index (κ2) is 8.83. The average molecular weight is 422 g/mol. The predicted molar refractivity (Wildman–Crippen MR) is 112 cm³/mol. The molecule has 160 valence electrons. The molecule has 0 aliphatic carbocycles. The molecule has 2 aliphatic rings. The number of benzene rings is 1. The predicted octanol–water partition coefficient (Wildman–Crippen LogP) is 2.23. The van der Waals surface area contributed by atoms with Crippen LogP contribution in [0.25, 0.3) is 0 Å². The van der Waals surface area contributed by atoms with Crippen molar-refractivity contribution >= 4 is 27.5 Å². The van der Waals surface area contributed by atoms with E-state index in [1.165, 1.54) is 4.31 Å². The highest BCUT2D eigenvalue weighted by Gasteiger charge is 2.35. The lowest BCUT2D eigenvalue weighted by Crippen LogP contribution is -2.37. The Morgan fingerprint density at radius 1 is 1.17 bits per heavy atom. The summed E-state index contributed by atoms with van der Waals surface area (Å²) in [5.41, 5.74) is 0.625. The maximum atomic E-state index is 12.9. The lowest BCUT2D eigenvalue weighted by atomic mass is 10.0. The monoisotopic (exact) mass is 421 g/mol. The maximum Gasteiger partial charge on any atom is 0.243 e. The molecule has 1 N–H and O–H groups in total. The summed E-state index contributed by atoms with van der Waals surface area (Å²) in [5.74, 6) is 0.309. The van der Waals surface area contributed by atoms with Crippen molar-refractivity contribution in [3.63, 3.8) is 0 Å². The van der Waals surface area contributed by atoms with Crippen molar-refractivity contribution in [1.82, 2.24) is 9.62 Å². The van der Waals surface area contributed by atoms with Crippen LogP contribution in [0.15, 0.2) is 29.2 Å². The summed E-state index contributed by atoms with van der Waals surface area (Å²) in [5, 5.41) is 2.88. The first kappa shape index (κ1) is 21.8. The normalized spacial score (nSPS) is 21.7. The summed E-state index contributed by atoms with van der Waals surface area (Å²) < 4.78 is 27.2. The third kappa shape index (κ3) is 4.98. The van der Waals surface area contributed by atoms with Gasteiger partial charge in [-0.1, -0.05) is 20.8 Å². The minimum absolute atomic E-state index is 0.104. The van der Waals surface area contributed by atoms with Gasteiger partial charge in [0, 0.05) is 38.3 Å². The molecular weight excluding hydrogens is 390 g/mol. The lowest BCUT2D eigenvalue weighted by Gasteiger charge is -2.29. The Kier molecular flexibility index (Phi) is 6.63. The number of carbonyl (C=O) groups is 2. The smallest absolute Gasteiger partial charge is 0.243 e. The van der Waals surface area contributed by atoms with E-state index in [0.717, 1.165) is 12.8 Å². The van der Waals surface area contributed by atoms with Crippen LogP contribution in [0.2, 0.25) is 0 Å². The number of hydrogen-bond acceptors (Lipinski definition) is 4. The Bertz CT molecular complexity index is 843. The van der Waals surface area contributed by atoms with Crippen molar-refractivity contribution in [2.24, 2.45) is 17.8 Å². The Labute approximate surface area is 173 Å². The molecule has 0 spiro atoms. The van der Waals surface area contributed by atoms with E-state index in [0.29, 0.717) is 43.7 Å². The SMILES string of the molecule is CC(C)CNC(=O)[C@@H]1CC(=O)N(c2ccc(S(=O)(=O)N3CCC(C)CC3)cc2)C1. The van der Waals surface area contributed by atoms with Gasteiger partial charge in [-0.05, 0) is 48.9 Å². The molecular formula is C21H31N3O4S. The van der Waals surface area contributed by atoms with Crippen molar-refractivity contribution in [3.8, 4) is 0 Å². The molecule has 2 saturated heterocycles. The van der Waals surface area contributed by atoms with Gasteiger partial charge in [0.25, 0.3) is 0 Å². The molecule has 29 heavy (non-hydrogen) atoms. The van der Waals surface area contributed by atoms with Crippen LogP contribution < -0.4 is 10.2 Å². The van der Waals surface area contributed by atoms with Crippen LogP contribution in [0.5, 0.6) is 0 Å². The molecule has 0 saturated carbocycles. The number of sulfonamides is 1. The van der Waals surface area contributed by atoms with Crippen molar-refractivity contribution in [3.05, 3.63) is 24.3 Å². The lowest BCUT2D eigenvalue weighted by molar-refractivity contribution is -0.126. The molecule has 1 aromatic carbocycles. The van der Waals surface area contributed by atoms with Gasteiger partial charge in [0.05, 0.1) is 10.8 Å². The first-order chi connectivity index (χ1) is 13.7. The zero-order valence-corrected chi connectivity index (χ0v) is 18.2. The number of rotatable bonds is 6. The summed E-state index contributed by atoms with van der Waals surface area (Å²) in [6.45, 7) is 8.18. The molecule has 2 amide bonds. The van der Waals surface area contributed by atoms with Crippen molar-refractivity contribution < 1.29 is 18.0 Å². The molecule has 0 aromatic heterocycles. The number of nitrogens with zero attached hydrogens (tertiary/aromatic N) is 2. The van der Waals surface area contributed by atoms with Gasteiger partial charge < -0.3 is 10.2 Å². The minimum atomic E-state index is -3.51. The van der Waals surface area contributed by atoms with E-state index in [9.17, 15) is 18.0 Å². The van der Waals surface area contributed by atoms with E-state index in [2.05, 4.69) is 12.2 Å². The highest BCUT2D eigenvalue weighted by molar-refractivity contribution is 7.89. The Morgan fingerprint density at radius 2 is 1.79 bits per heavy atom. The first-order valence-electron chi connectivity index (χ1n) is 10.4. The standard InChI is InChI=1S/C21H31N3O4S/c1-15(2)13-22-21(26)17-12-20(25)24(14-17)18-4-6-19(7-5-18)29(27,28)23-10-8-16(3)9-11-23/h4-7,15-17H,8-14H2,1-3H3,(H,22,26)/t17-/m1/s1. The highest BCUT2D eigenvalue weighted by Crippen LogP contribution is 2.28. The fourth-order valence-corrected chi connectivity index (χ4v) is 5.22. The highest BCUT2D eigenvalue weighted by atomic mass is 32.2. The van der Waals surface area contributed by atoms with Gasteiger partial charge in [-0.2, -0.15) is 4.31 Å². The molecule has 2 fully saturated rings. The zero-order valence-electron chi connectivity index (χ0n) is 17.4. The summed E-state index contributed by atoms with van der Waals surface area (Å²) >= 11 is 0. The fraction of sp³-hybridized carbons (Fsp3) is 0.619. The third-order valence-electron chi connectivity index (χ3n) is 5.71. The first-order valence-corrected chi connectivity index (χ1v) is 11.8. The maximum absolute atomic E-state index is 12.9. The van der Waals surface area contributed by atoms with Crippen LogP contribution in [0.3, 0.4) is 0 Å². The van der Waals surface area contributed by atoms with Crippen LogP contribution in [0, 0.1) is 17.8 Å². The molecule has 0 radical (unpaired) electrons. The van der Waals surface area contributed by atoms with Crippen LogP contribution in [-0.2, 0) is 19.6 Å². The molecule has 2 aliphatic heterocycles. The second-order valence-electron chi connectivity index (χ2n) is 8.62. The van der Waals surface area contributed by atoms with Gasteiger partial charge in [0.2, 0.25) is 21.8 Å². The average Bonchev–Trinajstić information content (AvgIpc) is 3.08. The summed E-state index contributed by atoms with van der Waals surface area (Å²) in [4.78, 5) is 26.5. The summed E-state index contributed by atoms with van der Waals surface area (Å²) in [6, 6.07) is 6.43. The third-order valence-corrected chi connectivity index (χ3v) is 7.62.